The van der Waals surface area contributed by atoms with Crippen LogP contribution in [0.15, 0.2) is 40.9 Å². The first-order valence-corrected chi connectivity index (χ1v) is 8.68. The van der Waals surface area contributed by atoms with E-state index in [4.69, 9.17) is 0 Å². The second-order valence-electron chi connectivity index (χ2n) is 5.73. The van der Waals surface area contributed by atoms with E-state index in [-0.39, 0.29) is 11.8 Å². The van der Waals surface area contributed by atoms with Gasteiger partial charge in [0.05, 0.1) is 5.69 Å². The van der Waals surface area contributed by atoms with E-state index in [0.29, 0.717) is 11.6 Å². The van der Waals surface area contributed by atoms with Crippen molar-refractivity contribution in [1.29, 1.82) is 0 Å². The molecule has 1 heterocycles. The number of carbonyl (C=O) groups is 1. The summed E-state index contributed by atoms with van der Waals surface area (Å²) in [5.74, 6) is 1.31. The van der Waals surface area contributed by atoms with Gasteiger partial charge in [0.1, 0.15) is 0 Å². The zero-order valence-electron chi connectivity index (χ0n) is 12.8. The van der Waals surface area contributed by atoms with Crippen LogP contribution in [0.3, 0.4) is 0 Å². The molecule has 0 bridgehead atoms. The number of rotatable bonds is 4. The normalized spacial score (nSPS) is 15.2. The fourth-order valence-corrected chi connectivity index (χ4v) is 3.14. The summed E-state index contributed by atoms with van der Waals surface area (Å²) in [6.07, 6.45) is 5.46. The van der Waals surface area contributed by atoms with Gasteiger partial charge in [-0.25, -0.2) is 0 Å². The summed E-state index contributed by atoms with van der Waals surface area (Å²) in [6.45, 7) is 0. The van der Waals surface area contributed by atoms with E-state index >= 15 is 0 Å². The van der Waals surface area contributed by atoms with Crippen LogP contribution in [-0.2, 0) is 4.79 Å². The van der Waals surface area contributed by atoms with E-state index in [1.54, 1.807) is 6.07 Å². The Kier molecular flexibility index (Phi) is 5.23. The van der Waals surface area contributed by atoms with E-state index in [1.807, 2.05) is 30.3 Å². The molecule has 1 saturated carbocycles. The molecule has 6 heteroatoms. The summed E-state index contributed by atoms with van der Waals surface area (Å²) >= 11 is 3.48. The van der Waals surface area contributed by atoms with Crippen molar-refractivity contribution in [1.82, 2.24) is 10.2 Å². The maximum Gasteiger partial charge on any atom is 0.228 e. The predicted molar refractivity (Wildman–Crippen MR) is 94.7 cm³/mol. The van der Waals surface area contributed by atoms with Crippen molar-refractivity contribution in [3.05, 3.63) is 40.9 Å². The van der Waals surface area contributed by atoms with E-state index in [9.17, 15) is 4.79 Å². The Hall–Kier alpha value is -1.95. The van der Waals surface area contributed by atoms with Gasteiger partial charge in [-0.1, -0.05) is 31.4 Å². The highest BCUT2D eigenvalue weighted by atomic mass is 79.9. The average molecular weight is 375 g/mol. The van der Waals surface area contributed by atoms with Gasteiger partial charge < -0.3 is 10.6 Å². The molecule has 0 saturated heterocycles. The molecule has 23 heavy (non-hydrogen) atoms. The SMILES string of the molecule is O=C(Nc1ccc(Nc2ccccc2Br)nn1)C1CCCCC1. The molecule has 0 aliphatic heterocycles. The Morgan fingerprint density at radius 2 is 1.70 bits per heavy atom. The Morgan fingerprint density at radius 3 is 2.39 bits per heavy atom. The molecule has 1 amide bonds. The number of para-hydroxylation sites is 1. The number of anilines is 3. The number of aromatic nitrogens is 2. The second kappa shape index (κ2) is 7.55. The van der Waals surface area contributed by atoms with Gasteiger partial charge in [0, 0.05) is 10.4 Å². The van der Waals surface area contributed by atoms with Crippen molar-refractivity contribution in [2.24, 2.45) is 5.92 Å². The van der Waals surface area contributed by atoms with Gasteiger partial charge in [0.15, 0.2) is 11.6 Å². The van der Waals surface area contributed by atoms with Crippen LogP contribution in [0.1, 0.15) is 32.1 Å². The first-order valence-electron chi connectivity index (χ1n) is 7.88. The number of hydrogen-bond acceptors (Lipinski definition) is 4. The fraction of sp³-hybridized carbons (Fsp3) is 0.353. The van der Waals surface area contributed by atoms with E-state index in [0.717, 1.165) is 35.8 Å². The average Bonchev–Trinajstić information content (AvgIpc) is 2.59. The summed E-state index contributed by atoms with van der Waals surface area (Å²) in [5.41, 5.74) is 0.917. The van der Waals surface area contributed by atoms with Crippen LogP contribution < -0.4 is 10.6 Å². The molecule has 120 valence electrons. The second-order valence-corrected chi connectivity index (χ2v) is 6.59. The molecular formula is C17H19BrN4O. The number of benzene rings is 1. The molecule has 2 N–H and O–H groups in total. The van der Waals surface area contributed by atoms with Crippen LogP contribution in [0.25, 0.3) is 0 Å². The zero-order chi connectivity index (χ0) is 16.1. The zero-order valence-corrected chi connectivity index (χ0v) is 14.3. The number of amides is 1. The minimum atomic E-state index is 0.0607. The number of hydrogen-bond donors (Lipinski definition) is 2. The highest BCUT2D eigenvalue weighted by molar-refractivity contribution is 9.10. The minimum absolute atomic E-state index is 0.0607. The molecule has 0 unspecified atom stereocenters. The molecule has 1 aliphatic carbocycles. The highest BCUT2D eigenvalue weighted by Crippen LogP contribution is 2.26. The smallest absolute Gasteiger partial charge is 0.228 e. The first kappa shape index (κ1) is 15.9. The first-order chi connectivity index (χ1) is 11.2. The highest BCUT2D eigenvalue weighted by Gasteiger charge is 2.21. The molecule has 1 fully saturated rings. The van der Waals surface area contributed by atoms with Gasteiger partial charge in [-0.3, -0.25) is 4.79 Å². The minimum Gasteiger partial charge on any atom is -0.338 e. The van der Waals surface area contributed by atoms with Crippen molar-refractivity contribution in [3.63, 3.8) is 0 Å². The molecule has 1 aliphatic rings. The Morgan fingerprint density at radius 1 is 1.00 bits per heavy atom. The van der Waals surface area contributed by atoms with Crippen LogP contribution in [-0.4, -0.2) is 16.1 Å². The van der Waals surface area contributed by atoms with Crippen LogP contribution in [0.2, 0.25) is 0 Å². The molecule has 0 spiro atoms. The van der Waals surface area contributed by atoms with Crippen molar-refractivity contribution in [2.45, 2.75) is 32.1 Å². The van der Waals surface area contributed by atoms with Gasteiger partial charge >= 0.3 is 0 Å². The van der Waals surface area contributed by atoms with Gasteiger partial charge in [0.2, 0.25) is 5.91 Å². The molecule has 5 nitrogen and oxygen atoms in total. The van der Waals surface area contributed by atoms with Crippen LogP contribution >= 0.6 is 15.9 Å². The van der Waals surface area contributed by atoms with Crippen LogP contribution in [0.5, 0.6) is 0 Å². The van der Waals surface area contributed by atoms with Gasteiger partial charge in [0.25, 0.3) is 0 Å². The van der Waals surface area contributed by atoms with Crippen molar-refractivity contribution in [2.75, 3.05) is 10.6 Å². The summed E-state index contributed by atoms with van der Waals surface area (Å²) < 4.78 is 0.955. The maximum atomic E-state index is 12.2. The topological polar surface area (TPSA) is 66.9 Å². The Bertz CT molecular complexity index is 669. The summed E-state index contributed by atoms with van der Waals surface area (Å²) in [4.78, 5) is 12.2. The summed E-state index contributed by atoms with van der Waals surface area (Å²) in [6, 6.07) is 11.4. The van der Waals surface area contributed by atoms with E-state index in [2.05, 4.69) is 36.8 Å². The third-order valence-corrected chi connectivity index (χ3v) is 4.72. The number of nitrogens with one attached hydrogen (secondary N) is 2. The van der Waals surface area contributed by atoms with Gasteiger partial charge in [-0.15, -0.1) is 10.2 Å². The lowest BCUT2D eigenvalue weighted by Crippen LogP contribution is -2.25. The van der Waals surface area contributed by atoms with Crippen molar-refractivity contribution >= 4 is 39.2 Å². The molecule has 0 radical (unpaired) electrons. The molecule has 2 aromatic rings. The predicted octanol–water partition coefficient (Wildman–Crippen LogP) is 4.50. The lowest BCUT2D eigenvalue weighted by Gasteiger charge is -2.20. The largest absolute Gasteiger partial charge is 0.338 e. The van der Waals surface area contributed by atoms with Crippen LogP contribution in [0, 0.1) is 5.92 Å². The quantitative estimate of drug-likeness (QED) is 0.826. The number of halogens is 1. The Labute approximate surface area is 144 Å². The molecule has 0 atom stereocenters. The lowest BCUT2D eigenvalue weighted by atomic mass is 9.89. The lowest BCUT2D eigenvalue weighted by molar-refractivity contribution is -0.120. The van der Waals surface area contributed by atoms with Gasteiger partial charge in [-0.2, -0.15) is 0 Å². The maximum absolute atomic E-state index is 12.2. The summed E-state index contributed by atoms with van der Waals surface area (Å²) in [7, 11) is 0. The fourth-order valence-electron chi connectivity index (χ4n) is 2.76. The van der Waals surface area contributed by atoms with Crippen molar-refractivity contribution in [3.8, 4) is 0 Å². The van der Waals surface area contributed by atoms with Crippen LogP contribution in [0.4, 0.5) is 17.3 Å². The van der Waals surface area contributed by atoms with Crippen molar-refractivity contribution < 1.29 is 4.79 Å². The molecule has 3 rings (SSSR count). The number of nitrogens with zero attached hydrogens (tertiary/aromatic N) is 2. The number of carbonyl (C=O) groups excluding carboxylic acids is 1. The molecule has 1 aromatic carbocycles. The van der Waals surface area contributed by atoms with E-state index in [1.165, 1.54) is 6.42 Å². The monoisotopic (exact) mass is 374 g/mol. The summed E-state index contributed by atoms with van der Waals surface area (Å²) in [5, 5.41) is 14.2. The third-order valence-electron chi connectivity index (χ3n) is 4.03. The molecular weight excluding hydrogens is 356 g/mol. The Balaban J connectivity index is 1.60. The van der Waals surface area contributed by atoms with E-state index < -0.39 is 0 Å². The third kappa shape index (κ3) is 4.28. The standard InChI is InChI=1S/C17H19BrN4O/c18-13-8-4-5-9-14(13)19-15-10-11-16(22-21-15)20-17(23)12-6-2-1-3-7-12/h4-5,8-12H,1-3,6-7H2,(H,19,21)(H,20,22,23). The van der Waals surface area contributed by atoms with Gasteiger partial charge in [-0.05, 0) is 53.0 Å². The molecule has 1 aromatic heterocycles.